The molecular formula is C29H26FNO. The number of rotatable bonds is 3. The Hall–Kier alpha value is -3.46. The maximum absolute atomic E-state index is 14.3. The largest absolute Gasteiger partial charge is 0.455 e. The van der Waals surface area contributed by atoms with Gasteiger partial charge in [-0.15, -0.1) is 0 Å². The van der Waals surface area contributed by atoms with Crippen molar-refractivity contribution in [2.75, 3.05) is 0 Å². The molecule has 0 N–H and O–H groups in total. The van der Waals surface area contributed by atoms with E-state index in [9.17, 15) is 4.39 Å². The molecule has 5 rings (SSSR count). The fraction of sp³-hybridized carbons (Fsp3) is 0.207. The number of fused-ring (bicyclic) bond motifs is 3. The van der Waals surface area contributed by atoms with Crippen LogP contribution in [0.15, 0.2) is 77.3 Å². The molecule has 3 aromatic carbocycles. The van der Waals surface area contributed by atoms with E-state index < -0.39 is 0 Å². The zero-order valence-electron chi connectivity index (χ0n) is 18.9. The van der Waals surface area contributed by atoms with Crippen molar-refractivity contribution in [3.05, 3.63) is 89.9 Å². The first-order chi connectivity index (χ1) is 15.3. The lowest BCUT2D eigenvalue weighted by Gasteiger charge is -2.20. The van der Waals surface area contributed by atoms with Gasteiger partial charge in [-0.1, -0.05) is 57.2 Å². The summed E-state index contributed by atoms with van der Waals surface area (Å²) >= 11 is 0. The number of benzene rings is 3. The summed E-state index contributed by atoms with van der Waals surface area (Å²) in [5, 5.41) is 2.06. The number of hydrogen-bond acceptors (Lipinski definition) is 2. The van der Waals surface area contributed by atoms with Crippen LogP contribution >= 0.6 is 0 Å². The van der Waals surface area contributed by atoms with E-state index >= 15 is 0 Å². The summed E-state index contributed by atoms with van der Waals surface area (Å²) in [6.45, 7) is 8.86. The van der Waals surface area contributed by atoms with Gasteiger partial charge < -0.3 is 4.42 Å². The molecule has 0 amide bonds. The molecule has 0 aliphatic rings. The van der Waals surface area contributed by atoms with Crippen LogP contribution in [0.1, 0.15) is 31.9 Å². The number of halogens is 1. The highest BCUT2D eigenvalue weighted by atomic mass is 19.1. The van der Waals surface area contributed by atoms with Gasteiger partial charge in [0.15, 0.2) is 0 Å². The highest BCUT2D eigenvalue weighted by Crippen LogP contribution is 2.38. The van der Waals surface area contributed by atoms with Crippen molar-refractivity contribution in [3.8, 4) is 22.4 Å². The van der Waals surface area contributed by atoms with Crippen molar-refractivity contribution in [1.82, 2.24) is 4.98 Å². The van der Waals surface area contributed by atoms with Crippen LogP contribution in [0.4, 0.5) is 4.39 Å². The minimum Gasteiger partial charge on any atom is -0.455 e. The molecule has 0 aliphatic heterocycles. The van der Waals surface area contributed by atoms with Gasteiger partial charge in [-0.2, -0.15) is 0 Å². The molecule has 0 saturated carbocycles. The molecule has 0 bridgehead atoms. The van der Waals surface area contributed by atoms with Gasteiger partial charge in [0.25, 0.3) is 0 Å². The SMILES string of the molecule is Cc1cnc(-c2cccc3c2oc2cc(-c4ccccc4F)ccc23)cc1CC(C)(C)C. The van der Waals surface area contributed by atoms with E-state index in [1.54, 1.807) is 12.1 Å². The van der Waals surface area contributed by atoms with E-state index in [0.717, 1.165) is 45.2 Å². The van der Waals surface area contributed by atoms with Crippen LogP contribution in [-0.4, -0.2) is 4.98 Å². The van der Waals surface area contributed by atoms with E-state index in [1.165, 1.54) is 17.2 Å². The fourth-order valence-corrected chi connectivity index (χ4v) is 4.34. The number of nitrogens with zero attached hydrogens (tertiary/aromatic N) is 1. The van der Waals surface area contributed by atoms with Crippen LogP contribution in [-0.2, 0) is 6.42 Å². The Morgan fingerprint density at radius 2 is 1.66 bits per heavy atom. The predicted molar refractivity (Wildman–Crippen MR) is 130 cm³/mol. The van der Waals surface area contributed by atoms with Crippen LogP contribution < -0.4 is 0 Å². The summed E-state index contributed by atoms with van der Waals surface area (Å²) < 4.78 is 20.7. The van der Waals surface area contributed by atoms with Gasteiger partial charge >= 0.3 is 0 Å². The number of furan rings is 1. The Labute approximate surface area is 187 Å². The molecule has 0 fully saturated rings. The van der Waals surface area contributed by atoms with Crippen LogP contribution in [0.25, 0.3) is 44.3 Å². The Kier molecular flexibility index (Phi) is 4.85. The standard InChI is InChI=1S/C29H26FNO/c1-18-17-31-26(14-20(18)16-29(2,3)4)24-10-7-9-23-22-13-12-19(15-27(22)32-28(23)24)21-8-5-6-11-25(21)30/h5-15,17H,16H2,1-4H3. The topological polar surface area (TPSA) is 26.0 Å². The quantitative estimate of drug-likeness (QED) is 0.291. The van der Waals surface area contributed by atoms with E-state index in [0.29, 0.717) is 5.56 Å². The first-order valence-corrected chi connectivity index (χ1v) is 11.0. The molecular weight excluding hydrogens is 397 g/mol. The molecule has 0 atom stereocenters. The van der Waals surface area contributed by atoms with Gasteiger partial charge in [0.2, 0.25) is 0 Å². The molecule has 2 heterocycles. The van der Waals surface area contributed by atoms with E-state index in [1.807, 2.05) is 36.5 Å². The molecule has 2 nitrogen and oxygen atoms in total. The minimum absolute atomic E-state index is 0.192. The third-order valence-electron chi connectivity index (χ3n) is 5.90. The van der Waals surface area contributed by atoms with Crippen LogP contribution in [0.5, 0.6) is 0 Å². The average Bonchev–Trinajstić information content (AvgIpc) is 3.12. The Morgan fingerprint density at radius 1 is 0.875 bits per heavy atom. The molecule has 0 unspecified atom stereocenters. The van der Waals surface area contributed by atoms with Crippen molar-refractivity contribution in [2.24, 2.45) is 5.41 Å². The second-order valence-corrected chi connectivity index (χ2v) is 9.71. The fourth-order valence-electron chi connectivity index (χ4n) is 4.34. The third kappa shape index (κ3) is 3.69. The van der Waals surface area contributed by atoms with Gasteiger partial charge in [0.1, 0.15) is 17.0 Å². The van der Waals surface area contributed by atoms with Crippen molar-refractivity contribution in [2.45, 2.75) is 34.1 Å². The van der Waals surface area contributed by atoms with Gasteiger partial charge in [0, 0.05) is 28.1 Å². The van der Waals surface area contributed by atoms with E-state index in [-0.39, 0.29) is 11.2 Å². The van der Waals surface area contributed by atoms with Crippen molar-refractivity contribution in [3.63, 3.8) is 0 Å². The number of pyridine rings is 1. The van der Waals surface area contributed by atoms with E-state index in [2.05, 4.69) is 45.9 Å². The summed E-state index contributed by atoms with van der Waals surface area (Å²) in [5.74, 6) is -0.237. The predicted octanol–water partition coefficient (Wildman–Crippen LogP) is 8.35. The third-order valence-corrected chi connectivity index (χ3v) is 5.90. The molecule has 0 aliphatic carbocycles. The maximum Gasteiger partial charge on any atom is 0.144 e. The molecule has 0 saturated heterocycles. The summed E-state index contributed by atoms with van der Waals surface area (Å²) in [6.07, 6.45) is 2.94. The molecule has 3 heteroatoms. The van der Waals surface area contributed by atoms with Crippen molar-refractivity contribution < 1.29 is 8.81 Å². The molecule has 0 radical (unpaired) electrons. The summed E-state index contributed by atoms with van der Waals surface area (Å²) in [4.78, 5) is 4.73. The van der Waals surface area contributed by atoms with Crippen LogP contribution in [0.2, 0.25) is 0 Å². The van der Waals surface area contributed by atoms with Crippen molar-refractivity contribution in [1.29, 1.82) is 0 Å². The zero-order chi connectivity index (χ0) is 22.5. The number of hydrogen-bond donors (Lipinski definition) is 0. The molecule has 32 heavy (non-hydrogen) atoms. The lowest BCUT2D eigenvalue weighted by Crippen LogP contribution is -2.10. The maximum atomic E-state index is 14.3. The second kappa shape index (κ2) is 7.59. The highest BCUT2D eigenvalue weighted by Gasteiger charge is 2.17. The van der Waals surface area contributed by atoms with E-state index in [4.69, 9.17) is 9.40 Å². The van der Waals surface area contributed by atoms with Crippen LogP contribution in [0.3, 0.4) is 0 Å². The number of aromatic nitrogens is 1. The summed E-state index contributed by atoms with van der Waals surface area (Å²) in [5.41, 5.74) is 7.51. The molecule has 0 spiro atoms. The van der Waals surface area contributed by atoms with Crippen molar-refractivity contribution >= 4 is 21.9 Å². The highest BCUT2D eigenvalue weighted by molar-refractivity contribution is 6.10. The smallest absolute Gasteiger partial charge is 0.144 e. The van der Waals surface area contributed by atoms with Gasteiger partial charge in [-0.05, 0) is 65.8 Å². The van der Waals surface area contributed by atoms with Gasteiger partial charge in [0.05, 0.1) is 5.69 Å². The Morgan fingerprint density at radius 3 is 2.44 bits per heavy atom. The van der Waals surface area contributed by atoms with Gasteiger partial charge in [-0.3, -0.25) is 4.98 Å². The normalized spacial score (nSPS) is 12.0. The number of para-hydroxylation sites is 1. The summed E-state index contributed by atoms with van der Waals surface area (Å²) in [6, 6.07) is 21.1. The second-order valence-electron chi connectivity index (χ2n) is 9.71. The average molecular weight is 424 g/mol. The molecule has 160 valence electrons. The first-order valence-electron chi connectivity index (χ1n) is 11.0. The van der Waals surface area contributed by atoms with Crippen LogP contribution in [0, 0.1) is 18.2 Å². The monoisotopic (exact) mass is 423 g/mol. The molecule has 5 aromatic rings. The lowest BCUT2D eigenvalue weighted by atomic mass is 9.86. The Balaban J connectivity index is 1.66. The Bertz CT molecular complexity index is 1460. The number of aryl methyl sites for hydroxylation is 1. The minimum atomic E-state index is -0.237. The summed E-state index contributed by atoms with van der Waals surface area (Å²) in [7, 11) is 0. The zero-order valence-corrected chi connectivity index (χ0v) is 18.9. The molecule has 2 aromatic heterocycles. The van der Waals surface area contributed by atoms with Gasteiger partial charge in [-0.25, -0.2) is 4.39 Å². The lowest BCUT2D eigenvalue weighted by molar-refractivity contribution is 0.410. The first kappa shape index (κ1) is 20.4.